The van der Waals surface area contributed by atoms with Gasteiger partial charge < -0.3 is 14.5 Å². The molecule has 0 radical (unpaired) electrons. The second kappa shape index (κ2) is 9.78. The van der Waals surface area contributed by atoms with Crippen molar-refractivity contribution in [3.63, 3.8) is 0 Å². The first-order valence-corrected chi connectivity index (χ1v) is 11.5. The Morgan fingerprint density at radius 2 is 1.83 bits per heavy atom. The van der Waals surface area contributed by atoms with E-state index in [0.717, 1.165) is 74.3 Å². The van der Waals surface area contributed by atoms with E-state index in [1.165, 1.54) is 0 Å². The first-order chi connectivity index (χ1) is 14.4. The van der Waals surface area contributed by atoms with E-state index < -0.39 is 0 Å². The van der Waals surface area contributed by atoms with Crippen LogP contribution in [0.5, 0.6) is 0 Å². The molecule has 1 fully saturated rings. The average molecular weight is 413 g/mol. The molecule has 0 aliphatic carbocycles. The van der Waals surface area contributed by atoms with Crippen molar-refractivity contribution in [2.45, 2.75) is 84.8 Å². The quantitative estimate of drug-likeness (QED) is 0.677. The number of anilines is 1. The molecule has 1 saturated heterocycles. The van der Waals surface area contributed by atoms with Crippen LogP contribution in [0.1, 0.15) is 82.2 Å². The van der Waals surface area contributed by atoms with Crippen LogP contribution in [0.3, 0.4) is 0 Å². The van der Waals surface area contributed by atoms with Gasteiger partial charge in [-0.1, -0.05) is 26.7 Å². The highest BCUT2D eigenvalue weighted by atomic mass is 16.5. The van der Waals surface area contributed by atoms with Gasteiger partial charge in [-0.25, -0.2) is 4.98 Å². The number of carbonyl (C=O) groups excluding carboxylic acids is 1. The lowest BCUT2D eigenvalue weighted by molar-refractivity contribution is -0.131. The molecule has 2 aliphatic heterocycles. The van der Waals surface area contributed by atoms with E-state index in [1.807, 2.05) is 4.90 Å². The fourth-order valence-electron chi connectivity index (χ4n) is 4.37. The summed E-state index contributed by atoms with van der Waals surface area (Å²) in [7, 11) is 0. The lowest BCUT2D eigenvalue weighted by Crippen LogP contribution is -2.49. The average Bonchev–Trinajstić information content (AvgIpc) is 2.74. The van der Waals surface area contributed by atoms with Crippen LogP contribution in [0.15, 0.2) is 0 Å². The minimum Gasteiger partial charge on any atom is -0.370 e. The van der Waals surface area contributed by atoms with Crippen molar-refractivity contribution < 1.29 is 9.53 Å². The maximum Gasteiger partial charge on any atom is 0.222 e. The van der Waals surface area contributed by atoms with Crippen molar-refractivity contribution in [1.82, 2.24) is 9.88 Å². The molecule has 0 atom stereocenters. The van der Waals surface area contributed by atoms with E-state index in [0.29, 0.717) is 31.7 Å². The summed E-state index contributed by atoms with van der Waals surface area (Å²) in [5.41, 5.74) is 3.75. The summed E-state index contributed by atoms with van der Waals surface area (Å²) in [6, 6.07) is 2.46. The molecule has 30 heavy (non-hydrogen) atoms. The first-order valence-electron chi connectivity index (χ1n) is 11.5. The zero-order chi connectivity index (χ0) is 21.7. The van der Waals surface area contributed by atoms with Crippen LogP contribution in [-0.2, 0) is 29.0 Å². The number of ether oxygens (including phenoxy) is 1. The third-order valence-electron chi connectivity index (χ3n) is 6.24. The summed E-state index contributed by atoms with van der Waals surface area (Å²) in [6.07, 6.45) is 6.45. The van der Waals surface area contributed by atoms with Gasteiger partial charge in [-0.15, -0.1) is 0 Å². The molecule has 1 amide bonds. The Balaban J connectivity index is 1.88. The second-order valence-corrected chi connectivity index (χ2v) is 9.13. The molecule has 164 valence electrons. The van der Waals surface area contributed by atoms with Gasteiger partial charge in [-0.2, -0.15) is 5.26 Å². The Hall–Kier alpha value is -2.13. The predicted molar refractivity (Wildman–Crippen MR) is 118 cm³/mol. The maximum atomic E-state index is 12.4. The highest BCUT2D eigenvalue weighted by molar-refractivity contribution is 5.76. The Kier molecular flexibility index (Phi) is 7.36. The lowest BCUT2D eigenvalue weighted by atomic mass is 9.87. The van der Waals surface area contributed by atoms with Crippen LogP contribution in [0, 0.1) is 11.3 Å². The van der Waals surface area contributed by atoms with Gasteiger partial charge in [0.25, 0.3) is 0 Å². The van der Waals surface area contributed by atoms with E-state index in [1.54, 1.807) is 0 Å². The number of pyridine rings is 1. The van der Waals surface area contributed by atoms with Gasteiger partial charge in [0, 0.05) is 50.3 Å². The van der Waals surface area contributed by atoms with Gasteiger partial charge in [0.1, 0.15) is 11.9 Å². The Morgan fingerprint density at radius 3 is 2.47 bits per heavy atom. The fraction of sp³-hybridized carbons (Fsp3) is 0.708. The van der Waals surface area contributed by atoms with Crippen LogP contribution in [0.2, 0.25) is 0 Å². The summed E-state index contributed by atoms with van der Waals surface area (Å²) >= 11 is 0. The van der Waals surface area contributed by atoms with Gasteiger partial charge in [0.05, 0.1) is 17.8 Å². The van der Waals surface area contributed by atoms with Crippen LogP contribution in [0.4, 0.5) is 5.82 Å². The Labute approximate surface area is 181 Å². The van der Waals surface area contributed by atoms with Crippen molar-refractivity contribution in [3.8, 4) is 6.07 Å². The molecule has 6 nitrogen and oxygen atoms in total. The maximum absolute atomic E-state index is 12.4. The SMILES string of the molecule is CCCCC(=O)N1CCN(c2nc(CCCC)c3c(c2C#N)CC(C)(C)OC3)CC1. The van der Waals surface area contributed by atoms with Gasteiger partial charge in [-0.05, 0) is 38.7 Å². The minimum atomic E-state index is -0.274. The molecule has 0 spiro atoms. The summed E-state index contributed by atoms with van der Waals surface area (Å²) < 4.78 is 6.06. The second-order valence-electron chi connectivity index (χ2n) is 9.13. The zero-order valence-electron chi connectivity index (χ0n) is 19.1. The van der Waals surface area contributed by atoms with Gasteiger partial charge in [-0.3, -0.25) is 4.79 Å². The molecule has 0 N–H and O–H groups in total. The van der Waals surface area contributed by atoms with Crippen LogP contribution < -0.4 is 4.90 Å². The highest BCUT2D eigenvalue weighted by Gasteiger charge is 2.33. The van der Waals surface area contributed by atoms with Crippen molar-refractivity contribution >= 4 is 11.7 Å². The number of rotatable bonds is 7. The molecule has 1 aromatic rings. The molecule has 0 aromatic carbocycles. The molecular formula is C24H36N4O2. The Morgan fingerprint density at radius 1 is 1.13 bits per heavy atom. The van der Waals surface area contributed by atoms with Crippen molar-refractivity contribution in [3.05, 3.63) is 22.4 Å². The largest absolute Gasteiger partial charge is 0.370 e. The number of nitriles is 1. The number of carbonyl (C=O) groups is 1. The number of fused-ring (bicyclic) bond motifs is 1. The summed E-state index contributed by atoms with van der Waals surface area (Å²) in [5.74, 6) is 1.05. The standard InChI is InChI=1S/C24H36N4O2/c1-5-7-9-21-20-17-30-24(3,4)15-18(20)19(16-25)23(26-21)28-13-11-27(12-14-28)22(29)10-8-6-2/h5-15,17H2,1-4H3. The molecule has 0 bridgehead atoms. The van der Waals surface area contributed by atoms with E-state index in [-0.39, 0.29) is 11.5 Å². The van der Waals surface area contributed by atoms with Gasteiger partial charge >= 0.3 is 0 Å². The number of piperazine rings is 1. The molecule has 0 unspecified atom stereocenters. The third-order valence-corrected chi connectivity index (χ3v) is 6.24. The number of hydrogen-bond acceptors (Lipinski definition) is 5. The fourth-order valence-corrected chi connectivity index (χ4v) is 4.37. The lowest BCUT2D eigenvalue weighted by Gasteiger charge is -2.38. The van der Waals surface area contributed by atoms with Crippen molar-refractivity contribution in [2.24, 2.45) is 0 Å². The monoisotopic (exact) mass is 412 g/mol. The summed E-state index contributed by atoms with van der Waals surface area (Å²) in [6.45, 7) is 11.9. The van der Waals surface area contributed by atoms with Crippen LogP contribution in [-0.4, -0.2) is 47.6 Å². The van der Waals surface area contributed by atoms with E-state index in [4.69, 9.17) is 9.72 Å². The third kappa shape index (κ3) is 4.95. The minimum absolute atomic E-state index is 0.248. The van der Waals surface area contributed by atoms with Crippen molar-refractivity contribution in [1.29, 1.82) is 5.26 Å². The number of aromatic nitrogens is 1. The van der Waals surface area contributed by atoms with E-state index in [2.05, 4.69) is 38.7 Å². The van der Waals surface area contributed by atoms with E-state index >= 15 is 0 Å². The number of unbranched alkanes of at least 4 members (excludes halogenated alkanes) is 2. The highest BCUT2D eigenvalue weighted by Crippen LogP contribution is 2.36. The summed E-state index contributed by atoms with van der Waals surface area (Å²) in [4.78, 5) is 21.6. The van der Waals surface area contributed by atoms with Crippen molar-refractivity contribution in [2.75, 3.05) is 31.1 Å². The number of nitrogens with zero attached hydrogens (tertiary/aromatic N) is 4. The predicted octanol–water partition coefficient (Wildman–Crippen LogP) is 3.99. The smallest absolute Gasteiger partial charge is 0.222 e. The molecule has 0 saturated carbocycles. The number of amides is 1. The van der Waals surface area contributed by atoms with E-state index in [9.17, 15) is 10.1 Å². The molecule has 6 heteroatoms. The summed E-state index contributed by atoms with van der Waals surface area (Å²) in [5, 5.41) is 10.1. The number of aryl methyl sites for hydroxylation is 1. The van der Waals surface area contributed by atoms with Gasteiger partial charge in [0.2, 0.25) is 5.91 Å². The normalized spacial score (nSPS) is 18.1. The Bertz CT molecular complexity index is 804. The molecule has 3 rings (SSSR count). The molecule has 1 aromatic heterocycles. The first kappa shape index (κ1) is 22.6. The number of hydrogen-bond donors (Lipinski definition) is 0. The molecular weight excluding hydrogens is 376 g/mol. The molecule has 3 heterocycles. The van der Waals surface area contributed by atoms with Crippen LogP contribution in [0.25, 0.3) is 0 Å². The van der Waals surface area contributed by atoms with Gasteiger partial charge in [0.15, 0.2) is 0 Å². The molecule has 2 aliphatic rings. The van der Waals surface area contributed by atoms with Crippen LogP contribution >= 0.6 is 0 Å². The zero-order valence-corrected chi connectivity index (χ0v) is 19.1. The topological polar surface area (TPSA) is 69.5 Å².